The number of carbonyl (C=O) groups excluding carboxylic acids is 2. The van der Waals surface area contributed by atoms with Crippen LogP contribution in [0.1, 0.15) is 65.1 Å². The zero-order valence-electron chi connectivity index (χ0n) is 15.7. The maximum Gasteiger partial charge on any atom is 0.266 e. The van der Waals surface area contributed by atoms with Crippen molar-refractivity contribution in [2.75, 3.05) is 4.90 Å². The standard InChI is InChI=1S/C22H19N2O3/c1-6-13-7-9-14(10-8-13)23-19(25)15-11-17-18(12-16(15)20(23)26)22(4,5)24(27)21(17,2)3/h1,7-12H,2-5H3. The number of carbonyl (C=O) groups is 2. The highest BCUT2D eigenvalue weighted by molar-refractivity contribution is 6.34. The maximum atomic E-state index is 13.0. The molecular weight excluding hydrogens is 340 g/mol. The Balaban J connectivity index is 1.85. The zero-order valence-corrected chi connectivity index (χ0v) is 15.7. The number of nitrogens with zero attached hydrogens (tertiary/aromatic N) is 2. The molecule has 0 spiro atoms. The average molecular weight is 359 g/mol. The van der Waals surface area contributed by atoms with Crippen LogP contribution in [-0.2, 0) is 16.3 Å². The van der Waals surface area contributed by atoms with E-state index in [1.807, 2.05) is 27.7 Å². The second-order valence-corrected chi connectivity index (χ2v) is 7.99. The predicted molar refractivity (Wildman–Crippen MR) is 101 cm³/mol. The first-order chi connectivity index (χ1) is 12.6. The van der Waals surface area contributed by atoms with Crippen molar-refractivity contribution in [3.05, 3.63) is 64.2 Å². The molecule has 4 rings (SSSR count). The molecule has 0 aliphatic carbocycles. The summed E-state index contributed by atoms with van der Waals surface area (Å²) in [5.41, 5.74) is 1.83. The van der Waals surface area contributed by atoms with Crippen molar-refractivity contribution in [1.29, 1.82) is 0 Å². The lowest BCUT2D eigenvalue weighted by atomic mass is 9.87. The molecule has 135 valence electrons. The lowest BCUT2D eigenvalue weighted by Gasteiger charge is -2.32. The zero-order chi connectivity index (χ0) is 19.7. The quantitative estimate of drug-likeness (QED) is 0.577. The fourth-order valence-corrected chi connectivity index (χ4v) is 4.16. The van der Waals surface area contributed by atoms with Gasteiger partial charge in [0.1, 0.15) is 0 Å². The molecule has 2 aromatic carbocycles. The smallest absolute Gasteiger partial charge is 0.266 e. The molecule has 1 radical (unpaired) electrons. The summed E-state index contributed by atoms with van der Waals surface area (Å²) in [6, 6.07) is 10.1. The van der Waals surface area contributed by atoms with E-state index in [4.69, 9.17) is 6.42 Å². The van der Waals surface area contributed by atoms with Crippen LogP contribution in [0.2, 0.25) is 0 Å². The molecule has 0 bridgehead atoms. The van der Waals surface area contributed by atoms with Crippen molar-refractivity contribution >= 4 is 17.5 Å². The number of benzene rings is 2. The van der Waals surface area contributed by atoms with Gasteiger partial charge < -0.3 is 0 Å². The van der Waals surface area contributed by atoms with Crippen LogP contribution in [0.5, 0.6) is 0 Å². The number of rotatable bonds is 1. The van der Waals surface area contributed by atoms with E-state index in [0.29, 0.717) is 22.4 Å². The molecule has 2 aliphatic heterocycles. The van der Waals surface area contributed by atoms with Gasteiger partial charge in [0.15, 0.2) is 0 Å². The number of fused-ring (bicyclic) bond motifs is 2. The van der Waals surface area contributed by atoms with Gasteiger partial charge in [0.2, 0.25) is 0 Å². The summed E-state index contributed by atoms with van der Waals surface area (Å²) in [7, 11) is 0. The molecule has 0 aromatic heterocycles. The van der Waals surface area contributed by atoms with E-state index in [1.165, 1.54) is 0 Å². The normalized spacial score (nSPS) is 19.8. The van der Waals surface area contributed by atoms with Crippen LogP contribution < -0.4 is 4.90 Å². The van der Waals surface area contributed by atoms with Crippen molar-refractivity contribution in [2.45, 2.75) is 38.8 Å². The number of amides is 2. The van der Waals surface area contributed by atoms with Crippen molar-refractivity contribution in [1.82, 2.24) is 5.06 Å². The van der Waals surface area contributed by atoms with Gasteiger partial charge in [0, 0.05) is 5.56 Å². The van der Waals surface area contributed by atoms with E-state index in [2.05, 4.69) is 5.92 Å². The second-order valence-electron chi connectivity index (χ2n) is 7.99. The molecule has 0 atom stereocenters. The third-order valence-corrected chi connectivity index (χ3v) is 5.65. The van der Waals surface area contributed by atoms with Crippen LogP contribution >= 0.6 is 0 Å². The summed E-state index contributed by atoms with van der Waals surface area (Å²) in [6.07, 6.45) is 5.37. The fourth-order valence-electron chi connectivity index (χ4n) is 4.16. The van der Waals surface area contributed by atoms with Gasteiger partial charge in [-0.05, 0) is 75.2 Å². The highest BCUT2D eigenvalue weighted by Gasteiger charge is 2.52. The van der Waals surface area contributed by atoms with Gasteiger partial charge >= 0.3 is 0 Å². The first-order valence-electron chi connectivity index (χ1n) is 8.72. The summed E-state index contributed by atoms with van der Waals surface area (Å²) in [5, 5.41) is 13.8. The lowest BCUT2D eigenvalue weighted by molar-refractivity contribution is -0.266. The van der Waals surface area contributed by atoms with Gasteiger partial charge in [-0.3, -0.25) is 9.59 Å². The van der Waals surface area contributed by atoms with Crippen molar-refractivity contribution in [3.8, 4) is 12.3 Å². The highest BCUT2D eigenvalue weighted by Crippen LogP contribution is 2.50. The van der Waals surface area contributed by atoms with Crippen molar-refractivity contribution in [2.24, 2.45) is 0 Å². The molecule has 0 unspecified atom stereocenters. The molecule has 0 N–H and O–H groups in total. The molecule has 5 heteroatoms. The number of terminal acetylenes is 1. The molecule has 27 heavy (non-hydrogen) atoms. The Morgan fingerprint density at radius 2 is 1.30 bits per heavy atom. The van der Waals surface area contributed by atoms with Crippen molar-refractivity contribution in [3.63, 3.8) is 0 Å². The topological polar surface area (TPSA) is 60.5 Å². The van der Waals surface area contributed by atoms with Crippen LogP contribution in [0, 0.1) is 12.3 Å². The van der Waals surface area contributed by atoms with E-state index in [1.54, 1.807) is 36.4 Å². The molecule has 2 aromatic rings. The number of hydroxylamine groups is 2. The van der Waals surface area contributed by atoms with Gasteiger partial charge in [0.05, 0.1) is 27.9 Å². The number of anilines is 1. The minimum Gasteiger partial charge on any atom is -0.268 e. The number of hydrogen-bond acceptors (Lipinski definition) is 3. The predicted octanol–water partition coefficient (Wildman–Crippen LogP) is 3.60. The molecule has 2 amide bonds. The maximum absolute atomic E-state index is 13.0. The minimum absolute atomic E-state index is 0.332. The van der Waals surface area contributed by atoms with Crippen molar-refractivity contribution < 1.29 is 14.8 Å². The molecule has 5 nitrogen and oxygen atoms in total. The van der Waals surface area contributed by atoms with Crippen LogP contribution in [0.25, 0.3) is 0 Å². The van der Waals surface area contributed by atoms with Crippen LogP contribution in [-0.4, -0.2) is 16.9 Å². The van der Waals surface area contributed by atoms with Gasteiger partial charge in [-0.1, -0.05) is 5.92 Å². The van der Waals surface area contributed by atoms with Crippen LogP contribution in [0.3, 0.4) is 0 Å². The molecular formula is C22H19N2O3. The van der Waals surface area contributed by atoms with E-state index < -0.39 is 11.1 Å². The highest BCUT2D eigenvalue weighted by atomic mass is 16.5. The average Bonchev–Trinajstić information content (AvgIpc) is 2.96. The minimum atomic E-state index is -0.779. The van der Waals surface area contributed by atoms with E-state index in [9.17, 15) is 14.8 Å². The largest absolute Gasteiger partial charge is 0.268 e. The Morgan fingerprint density at radius 3 is 1.70 bits per heavy atom. The van der Waals surface area contributed by atoms with Crippen LogP contribution in [0.4, 0.5) is 5.69 Å². The van der Waals surface area contributed by atoms with E-state index in [0.717, 1.165) is 21.1 Å². The van der Waals surface area contributed by atoms with E-state index in [-0.39, 0.29) is 11.8 Å². The van der Waals surface area contributed by atoms with Gasteiger partial charge in [-0.2, -0.15) is 0 Å². The first kappa shape index (κ1) is 17.5. The Labute approximate surface area is 158 Å². The van der Waals surface area contributed by atoms with Gasteiger partial charge in [0.25, 0.3) is 11.8 Å². The van der Waals surface area contributed by atoms with Gasteiger partial charge in [-0.25, -0.2) is 4.90 Å². The third kappa shape index (κ3) is 2.14. The second kappa shape index (κ2) is 5.29. The third-order valence-electron chi connectivity index (χ3n) is 5.65. The number of hydrogen-bond donors (Lipinski definition) is 0. The lowest BCUT2D eigenvalue weighted by Crippen LogP contribution is -2.41. The molecule has 0 saturated carbocycles. The monoisotopic (exact) mass is 359 g/mol. The summed E-state index contributed by atoms with van der Waals surface area (Å²) in [5.74, 6) is 1.74. The Kier molecular flexibility index (Phi) is 3.42. The SMILES string of the molecule is C#Cc1ccc(N2C(=O)c3cc4c(cc3C2=O)C(C)(C)N([O])C4(C)C)cc1. The Morgan fingerprint density at radius 1 is 0.852 bits per heavy atom. The Bertz CT molecular complexity index is 987. The molecule has 2 heterocycles. The molecule has 0 fully saturated rings. The molecule has 0 saturated heterocycles. The van der Waals surface area contributed by atoms with Gasteiger partial charge in [-0.15, -0.1) is 16.7 Å². The van der Waals surface area contributed by atoms with E-state index >= 15 is 0 Å². The summed E-state index contributed by atoms with van der Waals surface area (Å²) >= 11 is 0. The molecule has 2 aliphatic rings. The summed E-state index contributed by atoms with van der Waals surface area (Å²) in [6.45, 7) is 7.32. The summed E-state index contributed by atoms with van der Waals surface area (Å²) in [4.78, 5) is 27.1. The fraction of sp³-hybridized carbons (Fsp3) is 0.273. The Hall–Kier alpha value is -2.94. The van der Waals surface area contributed by atoms with Crippen LogP contribution in [0.15, 0.2) is 36.4 Å². The first-order valence-corrected chi connectivity index (χ1v) is 8.72. The summed E-state index contributed by atoms with van der Waals surface area (Å²) < 4.78 is 0. The number of imide groups is 1.